The van der Waals surface area contributed by atoms with Crippen molar-refractivity contribution >= 4 is 40.3 Å². The number of oxazole rings is 1. The van der Waals surface area contributed by atoms with Gasteiger partial charge in [-0.05, 0) is 18.2 Å². The van der Waals surface area contributed by atoms with E-state index >= 15 is 0 Å². The van der Waals surface area contributed by atoms with Gasteiger partial charge in [-0.15, -0.1) is 0 Å². The summed E-state index contributed by atoms with van der Waals surface area (Å²) in [6.07, 6.45) is 6.95. The predicted molar refractivity (Wildman–Crippen MR) is 107 cm³/mol. The van der Waals surface area contributed by atoms with Gasteiger partial charge in [-0.25, -0.2) is 14.8 Å². The van der Waals surface area contributed by atoms with Crippen molar-refractivity contribution in [1.82, 2.24) is 9.97 Å². The van der Waals surface area contributed by atoms with Crippen LogP contribution in [0, 0.1) is 0 Å². The number of phenolic OH excluding ortho intramolecular Hbond substituents is 1. The Kier molecular flexibility index (Phi) is 5.27. The van der Waals surface area contributed by atoms with Gasteiger partial charge in [0.1, 0.15) is 11.5 Å². The van der Waals surface area contributed by atoms with Crippen LogP contribution in [-0.4, -0.2) is 21.1 Å². The molecule has 1 aromatic carbocycles. The first-order valence-corrected chi connectivity index (χ1v) is 9.09. The Morgan fingerprint density at radius 3 is 2.63 bits per heavy atom. The van der Waals surface area contributed by atoms with E-state index in [1.54, 1.807) is 36.7 Å². The highest BCUT2D eigenvalue weighted by molar-refractivity contribution is 7.16. The Labute approximate surface area is 160 Å². The number of thiazole rings is 1. The number of nitrogens with one attached hydrogen (secondary N) is 2. The first-order valence-electron chi connectivity index (χ1n) is 8.27. The van der Waals surface area contributed by atoms with Gasteiger partial charge in [0.2, 0.25) is 5.89 Å². The minimum Gasteiger partial charge on any atom is -0.506 e. The molecule has 0 saturated heterocycles. The molecular weight excluding hydrogens is 364 g/mol. The number of carbonyl (C=O) groups excluding carboxylic acids is 1. The van der Waals surface area contributed by atoms with Crippen molar-refractivity contribution in [2.75, 3.05) is 10.6 Å². The molecule has 7 nitrogen and oxygen atoms in total. The molecule has 0 saturated carbocycles. The molecule has 0 aliphatic carbocycles. The Bertz CT molecular complexity index is 969. The van der Waals surface area contributed by atoms with E-state index in [2.05, 4.69) is 41.4 Å². The summed E-state index contributed by atoms with van der Waals surface area (Å²) in [5.41, 5.74) is 0.228. The first kappa shape index (κ1) is 18.7. The Hall–Kier alpha value is -3.13. The zero-order valence-electron chi connectivity index (χ0n) is 15.2. The summed E-state index contributed by atoms with van der Waals surface area (Å²) >= 11 is 1.31. The van der Waals surface area contributed by atoms with Crippen molar-refractivity contribution in [3.8, 4) is 5.75 Å². The number of aromatic hydroxyl groups is 1. The Morgan fingerprint density at radius 1 is 1.15 bits per heavy atom. The minimum absolute atomic E-state index is 0.00372. The van der Waals surface area contributed by atoms with E-state index in [0.717, 1.165) is 10.6 Å². The standard InChI is InChI=1S/C19H20N4O3S/c1-19(2,3)15-11-20-16(26-15)9-8-12-10-21-18(27-12)23-17(25)22-13-6-4-5-7-14(13)24/h4-11,24H,1-3H3,(H2,21,22,23,25)/b9-8+. The van der Waals surface area contributed by atoms with Crippen molar-refractivity contribution < 1.29 is 14.3 Å². The SMILES string of the molecule is CC(C)(C)c1cnc(/C=C/c2cnc(NC(=O)Nc3ccccc3O)s2)o1. The van der Waals surface area contributed by atoms with Gasteiger partial charge >= 0.3 is 6.03 Å². The molecule has 0 atom stereocenters. The van der Waals surface area contributed by atoms with E-state index in [1.165, 1.54) is 17.4 Å². The number of urea groups is 1. The molecule has 0 aliphatic heterocycles. The fourth-order valence-electron chi connectivity index (χ4n) is 2.12. The van der Waals surface area contributed by atoms with Crippen molar-refractivity contribution in [1.29, 1.82) is 0 Å². The number of rotatable bonds is 4. The van der Waals surface area contributed by atoms with Gasteiger partial charge in [0.15, 0.2) is 5.13 Å². The normalized spacial score (nSPS) is 11.7. The number of phenols is 1. The molecule has 0 spiro atoms. The molecule has 0 aliphatic rings. The van der Waals surface area contributed by atoms with Gasteiger partial charge in [-0.1, -0.05) is 44.2 Å². The number of carbonyl (C=O) groups is 1. The number of benzene rings is 1. The molecule has 0 fully saturated rings. The fourth-order valence-corrected chi connectivity index (χ4v) is 2.83. The maximum Gasteiger partial charge on any atom is 0.325 e. The van der Waals surface area contributed by atoms with Gasteiger partial charge in [-0.3, -0.25) is 5.32 Å². The van der Waals surface area contributed by atoms with Crippen LogP contribution < -0.4 is 10.6 Å². The maximum atomic E-state index is 12.0. The molecule has 27 heavy (non-hydrogen) atoms. The van der Waals surface area contributed by atoms with E-state index in [-0.39, 0.29) is 11.2 Å². The molecule has 2 heterocycles. The second kappa shape index (κ2) is 7.63. The van der Waals surface area contributed by atoms with Crippen LogP contribution in [0.2, 0.25) is 0 Å². The molecule has 2 aromatic heterocycles. The summed E-state index contributed by atoms with van der Waals surface area (Å²) in [5, 5.41) is 15.3. The van der Waals surface area contributed by atoms with E-state index in [1.807, 2.05) is 6.08 Å². The topological polar surface area (TPSA) is 100 Å². The predicted octanol–water partition coefficient (Wildman–Crippen LogP) is 4.95. The summed E-state index contributed by atoms with van der Waals surface area (Å²) in [4.78, 5) is 21.2. The van der Waals surface area contributed by atoms with Gasteiger partial charge in [-0.2, -0.15) is 0 Å². The number of hydrogen-bond donors (Lipinski definition) is 3. The fraction of sp³-hybridized carbons (Fsp3) is 0.211. The van der Waals surface area contributed by atoms with Gasteiger partial charge in [0.25, 0.3) is 0 Å². The molecule has 0 unspecified atom stereocenters. The average molecular weight is 384 g/mol. The summed E-state index contributed by atoms with van der Waals surface area (Å²) in [6, 6.07) is 6.01. The van der Waals surface area contributed by atoms with Crippen LogP contribution in [-0.2, 0) is 5.41 Å². The van der Waals surface area contributed by atoms with Gasteiger partial charge in [0.05, 0.1) is 11.9 Å². The van der Waals surface area contributed by atoms with Crippen molar-refractivity contribution in [3.63, 3.8) is 0 Å². The third kappa shape index (κ3) is 4.95. The zero-order valence-corrected chi connectivity index (χ0v) is 16.0. The molecule has 3 aromatic rings. The highest BCUT2D eigenvalue weighted by Gasteiger charge is 2.18. The van der Waals surface area contributed by atoms with Crippen LogP contribution in [0.15, 0.2) is 41.1 Å². The minimum atomic E-state index is -0.483. The Morgan fingerprint density at radius 2 is 1.93 bits per heavy atom. The van der Waals surface area contributed by atoms with Crippen molar-refractivity contribution in [3.05, 3.63) is 53.2 Å². The third-order valence-electron chi connectivity index (χ3n) is 3.55. The number of para-hydroxylation sites is 2. The molecule has 0 bridgehead atoms. The summed E-state index contributed by atoms with van der Waals surface area (Å²) in [6.45, 7) is 6.17. The maximum absolute atomic E-state index is 12.0. The zero-order chi connectivity index (χ0) is 19.4. The number of nitrogens with zero attached hydrogens (tertiary/aromatic N) is 2. The summed E-state index contributed by atoms with van der Waals surface area (Å²) < 4.78 is 5.70. The lowest BCUT2D eigenvalue weighted by molar-refractivity contribution is 0.262. The van der Waals surface area contributed by atoms with Crippen LogP contribution in [0.4, 0.5) is 15.6 Å². The van der Waals surface area contributed by atoms with Crippen molar-refractivity contribution in [2.24, 2.45) is 0 Å². The second-order valence-electron chi connectivity index (χ2n) is 6.81. The van der Waals surface area contributed by atoms with Gasteiger partial charge < -0.3 is 14.8 Å². The van der Waals surface area contributed by atoms with Crippen LogP contribution in [0.25, 0.3) is 12.2 Å². The quantitative estimate of drug-likeness (QED) is 0.553. The molecule has 3 N–H and O–H groups in total. The molecule has 0 radical (unpaired) electrons. The highest BCUT2D eigenvalue weighted by Crippen LogP contribution is 2.25. The Balaban J connectivity index is 1.60. The van der Waals surface area contributed by atoms with Crippen LogP contribution >= 0.6 is 11.3 Å². The largest absolute Gasteiger partial charge is 0.506 e. The van der Waals surface area contributed by atoms with Crippen LogP contribution in [0.5, 0.6) is 5.75 Å². The molecule has 2 amide bonds. The highest BCUT2D eigenvalue weighted by atomic mass is 32.1. The summed E-state index contributed by atoms with van der Waals surface area (Å²) in [7, 11) is 0. The monoisotopic (exact) mass is 384 g/mol. The first-order chi connectivity index (χ1) is 12.8. The second-order valence-corrected chi connectivity index (χ2v) is 7.87. The molecule has 8 heteroatoms. The van der Waals surface area contributed by atoms with Crippen LogP contribution in [0.3, 0.4) is 0 Å². The summed E-state index contributed by atoms with van der Waals surface area (Å²) in [5.74, 6) is 1.32. The van der Waals surface area contributed by atoms with E-state index in [0.29, 0.717) is 16.7 Å². The number of aromatic nitrogens is 2. The number of hydrogen-bond acceptors (Lipinski definition) is 6. The number of anilines is 2. The van der Waals surface area contributed by atoms with E-state index < -0.39 is 6.03 Å². The lowest BCUT2D eigenvalue weighted by atomic mass is 9.94. The van der Waals surface area contributed by atoms with Crippen molar-refractivity contribution in [2.45, 2.75) is 26.2 Å². The lowest BCUT2D eigenvalue weighted by Crippen LogP contribution is -2.19. The molecular formula is C19H20N4O3S. The molecule has 140 valence electrons. The lowest BCUT2D eigenvalue weighted by Gasteiger charge is -2.12. The smallest absolute Gasteiger partial charge is 0.325 e. The molecule has 3 rings (SSSR count). The van der Waals surface area contributed by atoms with Crippen LogP contribution in [0.1, 0.15) is 37.3 Å². The van der Waals surface area contributed by atoms with Gasteiger partial charge in [0, 0.05) is 22.6 Å². The third-order valence-corrected chi connectivity index (χ3v) is 4.43. The van der Waals surface area contributed by atoms with E-state index in [4.69, 9.17) is 4.42 Å². The number of amides is 2. The average Bonchev–Trinajstić information content (AvgIpc) is 3.24. The van der Waals surface area contributed by atoms with E-state index in [9.17, 15) is 9.90 Å².